The number of hydrogen-bond donors (Lipinski definition) is 2. The molecule has 0 saturated heterocycles. The molecule has 20 heavy (non-hydrogen) atoms. The molecule has 0 atom stereocenters. The van der Waals surface area contributed by atoms with Crippen LogP contribution in [0.3, 0.4) is 0 Å². The zero-order valence-electron chi connectivity index (χ0n) is 11.3. The minimum absolute atomic E-state index is 0.132. The van der Waals surface area contributed by atoms with Crippen LogP contribution in [0.25, 0.3) is 0 Å². The van der Waals surface area contributed by atoms with Gasteiger partial charge in [0.2, 0.25) is 0 Å². The van der Waals surface area contributed by atoms with Crippen LogP contribution in [0.2, 0.25) is 0 Å². The number of amides is 1. The molecule has 5 nitrogen and oxygen atoms in total. The molecule has 0 aliphatic carbocycles. The van der Waals surface area contributed by atoms with Crippen LogP contribution in [0.4, 0.5) is 0 Å². The van der Waals surface area contributed by atoms with Gasteiger partial charge in [-0.3, -0.25) is 9.48 Å². The van der Waals surface area contributed by atoms with E-state index in [4.69, 9.17) is 5.11 Å². The maximum Gasteiger partial charge on any atom is 0.255 e. The van der Waals surface area contributed by atoms with Crippen LogP contribution in [0, 0.1) is 18.8 Å². The van der Waals surface area contributed by atoms with Crippen LogP contribution >= 0.6 is 11.3 Å². The molecule has 0 saturated carbocycles. The Labute approximate surface area is 121 Å². The maximum atomic E-state index is 12.0. The maximum absolute atomic E-state index is 12.0. The number of nitrogens with zero attached hydrogens (tertiary/aromatic N) is 2. The van der Waals surface area contributed by atoms with Crippen molar-refractivity contribution in [2.75, 3.05) is 6.61 Å². The molecular formula is C14H15N3O2S. The standard InChI is InChI=1S/C14H15N3O2S/c1-10-13(9-16-17(10)2)14(19)15-8-12-6-5-11(20-12)4-3-7-18/h5-6,9,18H,7-8H2,1-2H3,(H,15,19). The molecular weight excluding hydrogens is 274 g/mol. The Morgan fingerprint density at radius 1 is 1.55 bits per heavy atom. The van der Waals surface area contributed by atoms with Crippen molar-refractivity contribution in [1.29, 1.82) is 0 Å². The fourth-order valence-corrected chi connectivity index (χ4v) is 2.47. The molecule has 0 fully saturated rings. The van der Waals surface area contributed by atoms with Gasteiger partial charge in [-0.05, 0) is 19.1 Å². The third-order valence-corrected chi connectivity index (χ3v) is 3.86. The van der Waals surface area contributed by atoms with Crippen molar-refractivity contribution in [3.05, 3.63) is 39.3 Å². The van der Waals surface area contributed by atoms with Crippen molar-refractivity contribution in [2.24, 2.45) is 7.05 Å². The SMILES string of the molecule is Cc1c(C(=O)NCc2ccc(C#CCO)s2)cnn1C. The number of hydrogen-bond acceptors (Lipinski definition) is 4. The molecule has 1 amide bonds. The first-order valence-electron chi connectivity index (χ1n) is 6.07. The predicted molar refractivity (Wildman–Crippen MR) is 77.4 cm³/mol. The number of carbonyl (C=O) groups excluding carboxylic acids is 1. The van der Waals surface area contributed by atoms with Crippen molar-refractivity contribution in [2.45, 2.75) is 13.5 Å². The van der Waals surface area contributed by atoms with Gasteiger partial charge < -0.3 is 10.4 Å². The van der Waals surface area contributed by atoms with E-state index in [1.54, 1.807) is 17.9 Å². The summed E-state index contributed by atoms with van der Waals surface area (Å²) in [6, 6.07) is 3.80. The molecule has 2 N–H and O–H groups in total. The Morgan fingerprint density at radius 3 is 3.00 bits per heavy atom. The summed E-state index contributed by atoms with van der Waals surface area (Å²) in [6.45, 7) is 2.17. The number of rotatable bonds is 3. The summed E-state index contributed by atoms with van der Waals surface area (Å²) in [5.74, 6) is 5.30. The number of aliphatic hydroxyl groups excluding tert-OH is 1. The van der Waals surface area contributed by atoms with Gasteiger partial charge in [0, 0.05) is 17.6 Å². The summed E-state index contributed by atoms with van der Waals surface area (Å²) in [6.07, 6.45) is 1.57. The molecule has 2 rings (SSSR count). The van der Waals surface area contributed by atoms with E-state index in [-0.39, 0.29) is 12.5 Å². The van der Waals surface area contributed by atoms with E-state index >= 15 is 0 Å². The van der Waals surface area contributed by atoms with Crippen molar-refractivity contribution in [1.82, 2.24) is 15.1 Å². The summed E-state index contributed by atoms with van der Waals surface area (Å²) >= 11 is 1.50. The molecule has 0 aromatic carbocycles. The number of aryl methyl sites for hydroxylation is 1. The minimum atomic E-state index is -0.149. The van der Waals surface area contributed by atoms with E-state index in [0.717, 1.165) is 15.4 Å². The molecule has 6 heteroatoms. The highest BCUT2D eigenvalue weighted by Gasteiger charge is 2.12. The van der Waals surface area contributed by atoms with Gasteiger partial charge in [0.1, 0.15) is 6.61 Å². The van der Waals surface area contributed by atoms with E-state index in [9.17, 15) is 4.79 Å². The Morgan fingerprint density at radius 2 is 2.35 bits per heavy atom. The lowest BCUT2D eigenvalue weighted by Gasteiger charge is -2.02. The van der Waals surface area contributed by atoms with E-state index < -0.39 is 0 Å². The highest BCUT2D eigenvalue weighted by Crippen LogP contribution is 2.15. The van der Waals surface area contributed by atoms with Crippen molar-refractivity contribution in [3.8, 4) is 11.8 Å². The van der Waals surface area contributed by atoms with E-state index in [0.29, 0.717) is 12.1 Å². The van der Waals surface area contributed by atoms with E-state index in [1.807, 2.05) is 19.1 Å². The second kappa shape index (κ2) is 6.37. The number of carbonyl (C=O) groups is 1. The fourth-order valence-electron chi connectivity index (χ4n) is 1.65. The molecule has 0 aliphatic heterocycles. The van der Waals surface area contributed by atoms with Gasteiger partial charge in [-0.2, -0.15) is 5.10 Å². The van der Waals surface area contributed by atoms with Crippen LogP contribution in [-0.2, 0) is 13.6 Å². The average Bonchev–Trinajstić information content (AvgIpc) is 3.02. The lowest BCUT2D eigenvalue weighted by atomic mass is 10.2. The van der Waals surface area contributed by atoms with Crippen LogP contribution in [0.1, 0.15) is 25.8 Å². The van der Waals surface area contributed by atoms with Crippen LogP contribution < -0.4 is 5.32 Å². The molecule has 0 unspecified atom stereocenters. The molecule has 0 spiro atoms. The molecule has 0 bridgehead atoms. The largest absolute Gasteiger partial charge is 0.384 e. The van der Waals surface area contributed by atoms with Crippen molar-refractivity contribution in [3.63, 3.8) is 0 Å². The van der Waals surface area contributed by atoms with Crippen LogP contribution in [0.15, 0.2) is 18.3 Å². The molecule has 104 valence electrons. The Hall–Kier alpha value is -2.10. The van der Waals surface area contributed by atoms with Gasteiger partial charge in [0.05, 0.1) is 23.2 Å². The highest BCUT2D eigenvalue weighted by atomic mass is 32.1. The summed E-state index contributed by atoms with van der Waals surface area (Å²) in [7, 11) is 1.80. The van der Waals surface area contributed by atoms with Crippen molar-refractivity contribution >= 4 is 17.2 Å². The predicted octanol–water partition coefficient (Wildman–Crippen LogP) is 1.06. The minimum Gasteiger partial charge on any atom is -0.384 e. The molecule has 0 aliphatic rings. The number of aromatic nitrogens is 2. The molecule has 2 aromatic rings. The van der Waals surface area contributed by atoms with E-state index in [1.165, 1.54) is 11.3 Å². The first-order chi connectivity index (χ1) is 9.61. The molecule has 0 radical (unpaired) electrons. The fraction of sp³-hybridized carbons (Fsp3) is 0.286. The third-order valence-electron chi connectivity index (χ3n) is 2.86. The zero-order valence-corrected chi connectivity index (χ0v) is 12.1. The first kappa shape index (κ1) is 14.3. The topological polar surface area (TPSA) is 67.2 Å². The number of nitrogens with one attached hydrogen (secondary N) is 1. The summed E-state index contributed by atoms with van der Waals surface area (Å²) in [4.78, 5) is 13.9. The lowest BCUT2D eigenvalue weighted by molar-refractivity contribution is 0.0950. The van der Waals surface area contributed by atoms with Gasteiger partial charge in [0.15, 0.2) is 0 Å². The quantitative estimate of drug-likeness (QED) is 0.830. The number of aliphatic hydroxyl groups is 1. The highest BCUT2D eigenvalue weighted by molar-refractivity contribution is 7.12. The van der Waals surface area contributed by atoms with E-state index in [2.05, 4.69) is 22.3 Å². The van der Waals surface area contributed by atoms with Gasteiger partial charge in [-0.15, -0.1) is 11.3 Å². The van der Waals surface area contributed by atoms with Gasteiger partial charge in [0.25, 0.3) is 5.91 Å². The third kappa shape index (κ3) is 3.26. The summed E-state index contributed by atoms with van der Waals surface area (Å²) in [5.41, 5.74) is 1.42. The first-order valence-corrected chi connectivity index (χ1v) is 6.88. The Kier molecular flexibility index (Phi) is 4.56. The monoisotopic (exact) mass is 289 g/mol. The summed E-state index contributed by atoms with van der Waals surface area (Å²) in [5, 5.41) is 15.5. The Bertz CT molecular complexity index is 676. The molecule has 2 heterocycles. The normalized spacial score (nSPS) is 9.95. The van der Waals surface area contributed by atoms with Crippen molar-refractivity contribution < 1.29 is 9.90 Å². The summed E-state index contributed by atoms with van der Waals surface area (Å²) < 4.78 is 1.67. The second-order valence-electron chi connectivity index (χ2n) is 4.18. The lowest BCUT2D eigenvalue weighted by Crippen LogP contribution is -2.22. The number of thiophene rings is 1. The second-order valence-corrected chi connectivity index (χ2v) is 5.34. The Balaban J connectivity index is 1.97. The van der Waals surface area contributed by atoms with Gasteiger partial charge in [-0.25, -0.2) is 0 Å². The average molecular weight is 289 g/mol. The van der Waals surface area contributed by atoms with Crippen LogP contribution in [0.5, 0.6) is 0 Å². The van der Waals surface area contributed by atoms with Gasteiger partial charge >= 0.3 is 0 Å². The smallest absolute Gasteiger partial charge is 0.255 e. The van der Waals surface area contributed by atoms with Crippen LogP contribution in [-0.4, -0.2) is 27.4 Å². The molecule has 2 aromatic heterocycles. The van der Waals surface area contributed by atoms with Gasteiger partial charge in [-0.1, -0.05) is 11.8 Å². The zero-order chi connectivity index (χ0) is 14.5.